The molecule has 2 aromatic carbocycles. The van der Waals surface area contributed by atoms with E-state index in [2.05, 4.69) is 52.3 Å². The highest BCUT2D eigenvalue weighted by atomic mass is 16.7. The average Bonchev–Trinajstić information content (AvgIpc) is 4.41. The number of aliphatic hydroxyl groups excluding tert-OH is 2. The Morgan fingerprint density at radius 2 is 1.76 bits per heavy atom. The highest BCUT2D eigenvalue weighted by molar-refractivity contribution is 6.42. The van der Waals surface area contributed by atoms with Crippen molar-refractivity contribution in [1.82, 2.24) is 20.7 Å². The maximum absolute atomic E-state index is 14.6. The molecule has 21 heteroatoms. The molecule has 7 aliphatic rings. The van der Waals surface area contributed by atoms with Gasteiger partial charge < -0.3 is 65.5 Å². The average molecular weight is 1130 g/mol. The standard InChI is InChI=1S/C62H67N7O14/c1-10-29-24(3)35-18-37-26(5)31(53(66-37)49-52(61(78)81-9)58(75)46-27(6)38(67-54(46)49)20-40-30(11-2)25(4)36(65-40)19-39(29)64-35)15-16-44(71)69-68-43(23-70)62(79)21-33-48(42(22-62)83-45-17-34(63)55(72)28(7)82-45)60(77)51-50(57(33)74)56(73)32-13-12-14-41(80-8)47(32)59(51)76/h10,12-14,18-20,26,28,31,34,38,42,45,52,55,64-66,70,72,74,77,79H,1,11,15-17,21-23,63H2,2-9H3,(H,69,71)/b36-19?,37-18-,40-20-,53-49?,68-43-/t26-,28-,31-,34-,38?,42-,45-,52?,55+,62-/m0/s1. The lowest BCUT2D eigenvalue weighted by Crippen LogP contribution is -2.53. The van der Waals surface area contributed by atoms with E-state index < -0.39 is 131 Å². The zero-order valence-electron chi connectivity index (χ0n) is 47.3. The molecule has 10 atom stereocenters. The number of aliphatic hydroxyl groups is 3. The Labute approximate surface area is 477 Å². The molecule has 1 amide bonds. The highest BCUT2D eigenvalue weighted by Crippen LogP contribution is 2.53. The predicted octanol–water partition coefficient (Wildman–Crippen LogP) is 3.45. The summed E-state index contributed by atoms with van der Waals surface area (Å²) in [6, 6.07) is 2.98. The Bertz CT molecular complexity index is 3830. The molecule has 0 radical (unpaired) electrons. The molecule has 2 saturated heterocycles. The fourth-order valence-electron chi connectivity index (χ4n) is 13.4. The van der Waals surface area contributed by atoms with Crippen LogP contribution in [0, 0.1) is 31.6 Å². The topological polar surface area (TPSA) is 330 Å². The summed E-state index contributed by atoms with van der Waals surface area (Å²) in [5, 5.41) is 68.3. The smallest absolute Gasteiger partial charge is 0.321 e. The molecule has 11 rings (SSSR count). The van der Waals surface area contributed by atoms with Gasteiger partial charge in [-0.1, -0.05) is 38.6 Å². The fraction of sp³-hybridized carbons (Fsp3) is 0.403. The molecule has 4 aromatic rings. The number of phenols is 2. The normalized spacial score (nSPS) is 28.0. The number of hydrogen-bond donors (Lipinski definition) is 10. The van der Waals surface area contributed by atoms with Crippen molar-refractivity contribution in [2.24, 2.45) is 33.6 Å². The van der Waals surface area contributed by atoms with Crippen molar-refractivity contribution in [2.45, 2.75) is 122 Å². The van der Waals surface area contributed by atoms with Gasteiger partial charge in [0.05, 0.1) is 73.3 Å². The van der Waals surface area contributed by atoms with Crippen LogP contribution in [0.4, 0.5) is 0 Å². The Hall–Kier alpha value is -8.05. The number of methoxy groups -OCH3 is 2. The summed E-state index contributed by atoms with van der Waals surface area (Å²) in [7, 11) is 2.54. The molecule has 2 unspecified atom stereocenters. The van der Waals surface area contributed by atoms with Crippen LogP contribution in [-0.2, 0) is 41.4 Å². The van der Waals surface area contributed by atoms with E-state index in [4.69, 9.17) is 29.7 Å². The molecule has 11 N–H and O–H groups in total. The number of aromatic amines is 2. The van der Waals surface area contributed by atoms with Crippen LogP contribution in [-0.4, -0.2) is 133 Å². The first-order valence-corrected chi connectivity index (χ1v) is 27.8. The van der Waals surface area contributed by atoms with E-state index in [0.29, 0.717) is 28.1 Å². The second kappa shape index (κ2) is 21.3. The number of allylic oxidation sites excluding steroid dienone is 3. The van der Waals surface area contributed by atoms with Crippen molar-refractivity contribution in [3.8, 4) is 17.2 Å². The van der Waals surface area contributed by atoms with Crippen LogP contribution in [0.1, 0.15) is 136 Å². The summed E-state index contributed by atoms with van der Waals surface area (Å²) in [6.45, 7) is 14.7. The molecule has 1 saturated carbocycles. The number of hydrogen-bond acceptors (Lipinski definition) is 18. The number of nitrogens with zero attached hydrogens (tertiary/aromatic N) is 2. The Kier molecular flexibility index (Phi) is 14.6. The van der Waals surface area contributed by atoms with Crippen LogP contribution >= 0.6 is 0 Å². The Balaban J connectivity index is 0.953. The summed E-state index contributed by atoms with van der Waals surface area (Å²) >= 11 is 0. The summed E-state index contributed by atoms with van der Waals surface area (Å²) in [6.07, 6.45) is 2.81. The minimum atomic E-state index is -2.28. The second-order valence-electron chi connectivity index (χ2n) is 22.5. The number of amides is 1. The predicted molar refractivity (Wildman–Crippen MR) is 305 cm³/mol. The number of nitrogens with two attached hydrogens (primary N) is 1. The third kappa shape index (κ3) is 9.03. The van der Waals surface area contributed by atoms with Gasteiger partial charge in [-0.2, -0.15) is 5.10 Å². The van der Waals surface area contributed by atoms with Gasteiger partial charge in [0.15, 0.2) is 17.9 Å². The van der Waals surface area contributed by atoms with Gasteiger partial charge in [-0.15, -0.1) is 0 Å². The van der Waals surface area contributed by atoms with Gasteiger partial charge in [-0.25, -0.2) is 5.43 Å². The van der Waals surface area contributed by atoms with Crippen molar-refractivity contribution >= 4 is 65.0 Å². The van der Waals surface area contributed by atoms with Crippen LogP contribution in [0.15, 0.2) is 63.0 Å². The molecule has 3 aliphatic carbocycles. The molecule has 83 heavy (non-hydrogen) atoms. The lowest BCUT2D eigenvalue weighted by atomic mass is 9.71. The summed E-state index contributed by atoms with van der Waals surface area (Å²) in [5.74, 6) is -7.12. The monoisotopic (exact) mass is 1130 g/mol. The minimum Gasteiger partial charge on any atom is -0.507 e. The quantitative estimate of drug-likeness (QED) is 0.0281. The molecule has 21 nitrogen and oxygen atoms in total. The van der Waals surface area contributed by atoms with Gasteiger partial charge in [0.2, 0.25) is 11.7 Å². The number of esters is 1. The number of ether oxygens (including phenoxy) is 4. The number of aromatic nitrogens is 2. The SMILES string of the molecule is C=Cc1c2[nH]c(c1C)/C=C1\NC(=C3C4=NC(/C=c5\[nH]c(c(C)c5CC)=C2)C(C)=C4C(=O)C3C(=O)OC)[C@@H](CCC(=O)N/N=C(/CO)[C@]2(O)Cc3c(O)c4c(c(O)c3[C@@H](O[C@H]3C[C@H](N)[C@H](O)[C@H](C)O3)C2)C(=O)c2c(OC)cccc2C4=O)[C@@H]1C. The van der Waals surface area contributed by atoms with Crippen molar-refractivity contribution in [3.05, 3.63) is 131 Å². The number of aromatic hydroxyl groups is 2. The number of phenolic OH excluding ortho intramolecular Hbond substituents is 2. The number of rotatable bonds is 12. The molecule has 4 aliphatic heterocycles. The van der Waals surface area contributed by atoms with E-state index in [1.54, 1.807) is 13.0 Å². The zero-order chi connectivity index (χ0) is 59.4. The summed E-state index contributed by atoms with van der Waals surface area (Å²) in [5.41, 5.74) is 13.0. The number of nitrogens with one attached hydrogen (secondary N) is 4. The Morgan fingerprint density at radius 3 is 2.45 bits per heavy atom. The molecule has 6 heterocycles. The summed E-state index contributed by atoms with van der Waals surface area (Å²) in [4.78, 5) is 83.7. The first-order valence-electron chi connectivity index (χ1n) is 27.8. The first kappa shape index (κ1) is 56.8. The number of benzene rings is 2. The van der Waals surface area contributed by atoms with E-state index >= 15 is 0 Å². The minimum absolute atomic E-state index is 0.0573. The Morgan fingerprint density at radius 1 is 1.01 bits per heavy atom. The molecule has 2 aromatic heterocycles. The van der Waals surface area contributed by atoms with Crippen molar-refractivity contribution in [1.29, 1.82) is 0 Å². The molecule has 434 valence electrons. The van der Waals surface area contributed by atoms with Crippen LogP contribution in [0.2, 0.25) is 0 Å². The van der Waals surface area contributed by atoms with E-state index in [1.165, 1.54) is 32.4 Å². The maximum atomic E-state index is 14.6. The first-order chi connectivity index (χ1) is 39.6. The number of carbonyl (C=O) groups is 5. The molecular formula is C62H67N7O14. The number of ketones is 3. The maximum Gasteiger partial charge on any atom is 0.321 e. The highest BCUT2D eigenvalue weighted by Gasteiger charge is 2.53. The largest absolute Gasteiger partial charge is 0.507 e. The van der Waals surface area contributed by atoms with Gasteiger partial charge in [-0.05, 0) is 87.1 Å². The van der Waals surface area contributed by atoms with Crippen molar-refractivity contribution < 1.29 is 68.5 Å². The number of hydrazone groups is 1. The third-order valence-corrected chi connectivity index (χ3v) is 18.0. The zero-order valence-corrected chi connectivity index (χ0v) is 47.3. The van der Waals surface area contributed by atoms with Gasteiger partial charge in [-0.3, -0.25) is 29.0 Å². The summed E-state index contributed by atoms with van der Waals surface area (Å²) < 4.78 is 23.1. The van der Waals surface area contributed by atoms with Crippen LogP contribution in [0.5, 0.6) is 17.2 Å². The van der Waals surface area contributed by atoms with Gasteiger partial charge in [0.1, 0.15) is 28.8 Å². The lowest BCUT2D eigenvalue weighted by Gasteiger charge is -2.43. The van der Waals surface area contributed by atoms with Crippen LogP contribution in [0.3, 0.4) is 0 Å². The number of H-pyrrole nitrogens is 2. The van der Waals surface area contributed by atoms with Gasteiger partial charge in [0, 0.05) is 110 Å². The fourth-order valence-corrected chi connectivity index (χ4v) is 13.4. The van der Waals surface area contributed by atoms with Crippen molar-refractivity contribution in [2.75, 3.05) is 20.8 Å². The van der Waals surface area contributed by atoms with E-state index in [0.717, 1.165) is 56.5 Å². The van der Waals surface area contributed by atoms with Gasteiger partial charge >= 0.3 is 5.97 Å². The van der Waals surface area contributed by atoms with Crippen molar-refractivity contribution in [3.63, 3.8) is 0 Å². The van der Waals surface area contributed by atoms with Crippen LogP contribution < -0.4 is 31.9 Å². The number of aliphatic imine (C=N–C) groups is 1. The second-order valence-corrected chi connectivity index (χ2v) is 22.5. The van der Waals surface area contributed by atoms with Gasteiger partial charge in [0.25, 0.3) is 0 Å². The number of Topliss-reactive ketones (excluding diaryl/α,β-unsaturated/α-hetero) is 1. The molecule has 8 bridgehead atoms. The van der Waals surface area contributed by atoms with E-state index in [9.17, 15) is 49.5 Å². The molecular weight excluding hydrogens is 1070 g/mol. The molecule has 0 spiro atoms. The van der Waals surface area contributed by atoms with E-state index in [-0.39, 0.29) is 53.2 Å². The number of carbonyl (C=O) groups excluding carboxylic acids is 5. The molecule has 3 fully saturated rings. The van der Waals surface area contributed by atoms with E-state index in [1.807, 2.05) is 32.9 Å². The lowest BCUT2D eigenvalue weighted by molar-refractivity contribution is -0.245. The number of fused-ring (bicyclic) bond motifs is 10. The third-order valence-electron chi connectivity index (χ3n) is 18.0. The van der Waals surface area contributed by atoms with Crippen LogP contribution in [0.25, 0.3) is 24.3 Å².